The first-order chi connectivity index (χ1) is 7.68. The molecule has 1 aliphatic carbocycles. The lowest BCUT2D eigenvalue weighted by molar-refractivity contribution is -0.136. The van der Waals surface area contributed by atoms with Crippen LogP contribution in [0.15, 0.2) is 11.1 Å². The third kappa shape index (κ3) is 2.13. The van der Waals surface area contributed by atoms with Gasteiger partial charge in [0, 0.05) is 17.9 Å². The SMILES string of the molecule is O=C(O)CCc1c(C2CCC2)nc[nH]c1=O. The smallest absolute Gasteiger partial charge is 0.303 e. The molecule has 5 nitrogen and oxygen atoms in total. The molecule has 0 atom stereocenters. The van der Waals surface area contributed by atoms with E-state index in [1.54, 1.807) is 0 Å². The summed E-state index contributed by atoms with van der Waals surface area (Å²) in [5, 5.41) is 8.63. The van der Waals surface area contributed by atoms with E-state index in [0.717, 1.165) is 25.0 Å². The fraction of sp³-hybridized carbons (Fsp3) is 0.545. The van der Waals surface area contributed by atoms with Crippen LogP contribution in [-0.4, -0.2) is 21.0 Å². The van der Waals surface area contributed by atoms with Gasteiger partial charge in [-0.15, -0.1) is 0 Å². The van der Waals surface area contributed by atoms with Gasteiger partial charge in [0.2, 0.25) is 0 Å². The molecule has 1 aromatic heterocycles. The lowest BCUT2D eigenvalue weighted by atomic mass is 9.81. The predicted molar refractivity (Wildman–Crippen MR) is 57.4 cm³/mol. The van der Waals surface area contributed by atoms with E-state index >= 15 is 0 Å². The van der Waals surface area contributed by atoms with Crippen molar-refractivity contribution in [1.29, 1.82) is 0 Å². The van der Waals surface area contributed by atoms with Gasteiger partial charge in [0.15, 0.2) is 0 Å². The predicted octanol–water partition coefficient (Wildman–Crippen LogP) is 1.05. The van der Waals surface area contributed by atoms with Crippen molar-refractivity contribution in [2.45, 2.75) is 38.0 Å². The van der Waals surface area contributed by atoms with E-state index in [1.165, 1.54) is 6.33 Å². The van der Waals surface area contributed by atoms with Gasteiger partial charge in [-0.1, -0.05) is 6.42 Å². The summed E-state index contributed by atoms with van der Waals surface area (Å²) in [6, 6.07) is 0. The number of aliphatic carboxylic acids is 1. The number of rotatable bonds is 4. The minimum atomic E-state index is -0.886. The van der Waals surface area contributed by atoms with Gasteiger partial charge >= 0.3 is 5.97 Å². The first kappa shape index (κ1) is 10.9. The molecule has 0 amide bonds. The molecule has 2 rings (SSSR count). The van der Waals surface area contributed by atoms with Crippen molar-refractivity contribution >= 4 is 5.97 Å². The third-order valence-corrected chi connectivity index (χ3v) is 3.06. The van der Waals surface area contributed by atoms with Crippen LogP contribution < -0.4 is 5.56 Å². The fourth-order valence-electron chi connectivity index (χ4n) is 1.95. The molecule has 0 saturated heterocycles. The second kappa shape index (κ2) is 4.47. The van der Waals surface area contributed by atoms with Gasteiger partial charge in [-0.25, -0.2) is 4.98 Å². The largest absolute Gasteiger partial charge is 0.481 e. The minimum Gasteiger partial charge on any atom is -0.481 e. The van der Waals surface area contributed by atoms with Crippen molar-refractivity contribution in [1.82, 2.24) is 9.97 Å². The van der Waals surface area contributed by atoms with E-state index < -0.39 is 5.97 Å². The third-order valence-electron chi connectivity index (χ3n) is 3.06. The fourth-order valence-corrected chi connectivity index (χ4v) is 1.95. The Labute approximate surface area is 92.5 Å². The average Bonchev–Trinajstić information content (AvgIpc) is 2.13. The van der Waals surface area contributed by atoms with E-state index in [0.29, 0.717) is 11.5 Å². The lowest BCUT2D eigenvalue weighted by Crippen LogP contribution is -2.22. The monoisotopic (exact) mass is 222 g/mol. The molecule has 5 heteroatoms. The van der Waals surface area contributed by atoms with Crippen LogP contribution in [0.3, 0.4) is 0 Å². The summed E-state index contributed by atoms with van der Waals surface area (Å²) < 4.78 is 0. The van der Waals surface area contributed by atoms with Gasteiger partial charge in [0.05, 0.1) is 12.0 Å². The Balaban J connectivity index is 2.25. The Morgan fingerprint density at radius 2 is 2.31 bits per heavy atom. The number of aromatic amines is 1. The Morgan fingerprint density at radius 3 is 2.88 bits per heavy atom. The van der Waals surface area contributed by atoms with E-state index in [9.17, 15) is 9.59 Å². The lowest BCUT2D eigenvalue weighted by Gasteiger charge is -2.26. The van der Waals surface area contributed by atoms with E-state index in [2.05, 4.69) is 9.97 Å². The molecule has 0 aromatic carbocycles. The minimum absolute atomic E-state index is 0.0194. The number of nitrogens with one attached hydrogen (secondary N) is 1. The number of carbonyl (C=O) groups is 1. The number of carboxylic acids is 1. The Hall–Kier alpha value is -1.65. The molecule has 86 valence electrons. The van der Waals surface area contributed by atoms with Gasteiger partial charge < -0.3 is 10.1 Å². The first-order valence-corrected chi connectivity index (χ1v) is 5.46. The van der Waals surface area contributed by atoms with Crippen LogP contribution in [-0.2, 0) is 11.2 Å². The summed E-state index contributed by atoms with van der Waals surface area (Å²) in [4.78, 5) is 28.8. The number of nitrogens with zero attached hydrogens (tertiary/aromatic N) is 1. The zero-order valence-corrected chi connectivity index (χ0v) is 8.90. The van der Waals surface area contributed by atoms with Crippen LogP contribution in [0.25, 0.3) is 0 Å². The van der Waals surface area contributed by atoms with E-state index in [-0.39, 0.29) is 18.4 Å². The molecule has 1 heterocycles. The molecule has 0 aliphatic heterocycles. The van der Waals surface area contributed by atoms with Crippen molar-refractivity contribution in [3.05, 3.63) is 27.9 Å². The second-order valence-electron chi connectivity index (χ2n) is 4.12. The normalized spacial score (nSPS) is 15.8. The molecular weight excluding hydrogens is 208 g/mol. The van der Waals surface area contributed by atoms with Gasteiger partial charge in [0.1, 0.15) is 0 Å². The Morgan fingerprint density at radius 1 is 1.56 bits per heavy atom. The first-order valence-electron chi connectivity index (χ1n) is 5.46. The van der Waals surface area contributed by atoms with Crippen LogP contribution >= 0.6 is 0 Å². The van der Waals surface area contributed by atoms with Crippen molar-refractivity contribution < 1.29 is 9.90 Å². The maximum Gasteiger partial charge on any atom is 0.303 e. The summed E-state index contributed by atoms with van der Waals surface area (Å²) >= 11 is 0. The number of aromatic nitrogens is 2. The molecule has 1 saturated carbocycles. The molecule has 1 aromatic rings. The van der Waals surface area contributed by atoms with E-state index in [4.69, 9.17) is 5.11 Å². The highest BCUT2D eigenvalue weighted by Gasteiger charge is 2.24. The van der Waals surface area contributed by atoms with Crippen LogP contribution in [0.4, 0.5) is 0 Å². The summed E-state index contributed by atoms with van der Waals surface area (Å²) in [7, 11) is 0. The maximum atomic E-state index is 11.6. The van der Waals surface area contributed by atoms with Gasteiger partial charge in [-0.05, 0) is 19.3 Å². The molecule has 2 N–H and O–H groups in total. The zero-order chi connectivity index (χ0) is 11.5. The van der Waals surface area contributed by atoms with Gasteiger partial charge in [-0.2, -0.15) is 0 Å². The Bertz CT molecular complexity index is 449. The van der Waals surface area contributed by atoms with Crippen LogP contribution in [0, 0.1) is 0 Å². The quantitative estimate of drug-likeness (QED) is 0.797. The second-order valence-corrected chi connectivity index (χ2v) is 4.12. The summed E-state index contributed by atoms with van der Waals surface area (Å²) in [5.74, 6) is -0.533. The van der Waals surface area contributed by atoms with Gasteiger partial charge in [-0.3, -0.25) is 9.59 Å². The highest BCUT2D eigenvalue weighted by Crippen LogP contribution is 2.36. The molecule has 0 bridgehead atoms. The number of hydrogen-bond donors (Lipinski definition) is 2. The number of H-pyrrole nitrogens is 1. The highest BCUT2D eigenvalue weighted by atomic mass is 16.4. The summed E-state index contributed by atoms with van der Waals surface area (Å²) in [6.07, 6.45) is 4.92. The van der Waals surface area contributed by atoms with Crippen LogP contribution in [0.5, 0.6) is 0 Å². The standard InChI is InChI=1S/C11H14N2O3/c14-9(15)5-4-8-10(7-2-1-3-7)12-6-13-11(8)16/h6-7H,1-5H2,(H,14,15)(H,12,13,16). The molecular formula is C11H14N2O3. The summed E-state index contributed by atoms with van der Waals surface area (Å²) in [6.45, 7) is 0. The Kier molecular flexibility index (Phi) is 3.03. The van der Waals surface area contributed by atoms with E-state index in [1.807, 2.05) is 0 Å². The molecule has 0 spiro atoms. The average molecular weight is 222 g/mol. The molecule has 1 aliphatic rings. The van der Waals surface area contributed by atoms with Crippen LogP contribution in [0.1, 0.15) is 42.9 Å². The highest BCUT2D eigenvalue weighted by molar-refractivity contribution is 5.67. The van der Waals surface area contributed by atoms with Crippen LogP contribution in [0.2, 0.25) is 0 Å². The summed E-state index contributed by atoms with van der Waals surface area (Å²) in [5.41, 5.74) is 1.16. The maximum absolute atomic E-state index is 11.6. The van der Waals surface area contributed by atoms with Crippen molar-refractivity contribution in [2.75, 3.05) is 0 Å². The molecule has 16 heavy (non-hydrogen) atoms. The van der Waals surface area contributed by atoms with Crippen molar-refractivity contribution in [3.63, 3.8) is 0 Å². The number of hydrogen-bond acceptors (Lipinski definition) is 3. The topological polar surface area (TPSA) is 83.0 Å². The van der Waals surface area contributed by atoms with Crippen molar-refractivity contribution in [3.8, 4) is 0 Å². The zero-order valence-electron chi connectivity index (χ0n) is 8.90. The number of carboxylic acid groups (broad SMARTS) is 1. The molecule has 0 radical (unpaired) electrons. The van der Waals surface area contributed by atoms with Gasteiger partial charge in [0.25, 0.3) is 5.56 Å². The van der Waals surface area contributed by atoms with Crippen molar-refractivity contribution in [2.24, 2.45) is 0 Å². The molecule has 0 unspecified atom stereocenters. The molecule has 1 fully saturated rings.